The Morgan fingerprint density at radius 2 is 2.27 bits per heavy atom. The molecule has 2 amide bonds. The lowest BCUT2D eigenvalue weighted by atomic mass is 9.94. The topological polar surface area (TPSA) is 61.4 Å². The lowest BCUT2D eigenvalue weighted by Crippen LogP contribution is -2.45. The van der Waals surface area contributed by atoms with Crippen LogP contribution in [0.3, 0.4) is 0 Å². The summed E-state index contributed by atoms with van der Waals surface area (Å²) >= 11 is 0. The first kappa shape index (κ1) is 15.0. The van der Waals surface area contributed by atoms with E-state index in [2.05, 4.69) is 17.6 Å². The summed E-state index contributed by atoms with van der Waals surface area (Å²) in [4.78, 5) is 26.0. The number of anilines is 2. The fourth-order valence-electron chi connectivity index (χ4n) is 3.21. The number of carbonyl (C=O) groups is 2. The number of benzene rings is 1. The zero-order valence-electron chi connectivity index (χ0n) is 13.0. The third-order valence-corrected chi connectivity index (χ3v) is 4.48. The second-order valence-corrected chi connectivity index (χ2v) is 6.32. The molecule has 2 aliphatic rings. The van der Waals surface area contributed by atoms with Gasteiger partial charge in [0.15, 0.2) is 0 Å². The Bertz CT molecular complexity index is 573. The van der Waals surface area contributed by atoms with E-state index >= 15 is 0 Å². The van der Waals surface area contributed by atoms with E-state index in [1.165, 1.54) is 0 Å². The molecular weight excluding hydrogens is 278 g/mol. The summed E-state index contributed by atoms with van der Waals surface area (Å²) in [6.45, 7) is 3.83. The van der Waals surface area contributed by atoms with E-state index in [1.54, 1.807) is 4.90 Å². The minimum atomic E-state index is -0.124. The molecular formula is C17H23N3O2. The number of hydrogen-bond acceptors (Lipinski definition) is 3. The van der Waals surface area contributed by atoms with Gasteiger partial charge >= 0.3 is 0 Å². The Morgan fingerprint density at radius 1 is 1.41 bits per heavy atom. The van der Waals surface area contributed by atoms with Crippen molar-refractivity contribution in [2.24, 2.45) is 5.92 Å². The molecule has 2 unspecified atom stereocenters. The van der Waals surface area contributed by atoms with Crippen LogP contribution in [0.2, 0.25) is 0 Å². The van der Waals surface area contributed by atoms with Gasteiger partial charge in [-0.1, -0.05) is 13.0 Å². The smallest absolute Gasteiger partial charge is 0.241 e. The molecule has 1 aromatic rings. The number of rotatable bonds is 3. The number of piperidine rings is 1. The molecule has 2 heterocycles. The first-order chi connectivity index (χ1) is 10.6. The van der Waals surface area contributed by atoms with E-state index < -0.39 is 0 Å². The van der Waals surface area contributed by atoms with Gasteiger partial charge in [0.2, 0.25) is 11.8 Å². The molecule has 5 nitrogen and oxygen atoms in total. The van der Waals surface area contributed by atoms with E-state index in [1.807, 2.05) is 24.3 Å². The highest BCUT2D eigenvalue weighted by molar-refractivity contribution is 5.98. The Morgan fingerprint density at radius 3 is 3.00 bits per heavy atom. The van der Waals surface area contributed by atoms with Crippen molar-refractivity contribution in [2.75, 3.05) is 23.3 Å². The van der Waals surface area contributed by atoms with Gasteiger partial charge in [-0.3, -0.25) is 9.59 Å². The Hall–Kier alpha value is -1.88. The average molecular weight is 301 g/mol. The molecule has 22 heavy (non-hydrogen) atoms. The van der Waals surface area contributed by atoms with Crippen LogP contribution in [0.1, 0.15) is 32.6 Å². The lowest BCUT2D eigenvalue weighted by Gasteiger charge is -2.27. The normalized spacial score (nSPS) is 25.3. The number of amides is 2. The maximum atomic E-state index is 12.4. The predicted molar refractivity (Wildman–Crippen MR) is 86.8 cm³/mol. The SMILES string of the molecule is CC1CCNC(C(=O)Nc2cccc(N3CCCC3=O)c2)C1. The molecule has 0 bridgehead atoms. The Labute approximate surface area is 131 Å². The fourth-order valence-corrected chi connectivity index (χ4v) is 3.21. The molecule has 0 aliphatic carbocycles. The predicted octanol–water partition coefficient (Wildman–Crippen LogP) is 2.14. The van der Waals surface area contributed by atoms with Crippen molar-refractivity contribution in [3.63, 3.8) is 0 Å². The average Bonchev–Trinajstić information content (AvgIpc) is 2.94. The van der Waals surface area contributed by atoms with Crippen LogP contribution in [0, 0.1) is 5.92 Å². The Balaban J connectivity index is 1.67. The van der Waals surface area contributed by atoms with Gasteiger partial charge in [-0.2, -0.15) is 0 Å². The first-order valence-corrected chi connectivity index (χ1v) is 8.08. The molecule has 0 spiro atoms. The summed E-state index contributed by atoms with van der Waals surface area (Å²) in [5.41, 5.74) is 1.62. The van der Waals surface area contributed by atoms with Crippen molar-refractivity contribution >= 4 is 23.2 Å². The van der Waals surface area contributed by atoms with E-state index in [0.717, 1.165) is 43.7 Å². The summed E-state index contributed by atoms with van der Waals surface area (Å²) in [6.07, 6.45) is 3.51. The molecule has 2 saturated heterocycles. The minimum absolute atomic E-state index is 0.0106. The maximum Gasteiger partial charge on any atom is 0.241 e. The zero-order chi connectivity index (χ0) is 15.5. The zero-order valence-corrected chi connectivity index (χ0v) is 13.0. The summed E-state index contributed by atoms with van der Waals surface area (Å²) in [6, 6.07) is 7.43. The van der Waals surface area contributed by atoms with Crippen molar-refractivity contribution in [3.8, 4) is 0 Å². The van der Waals surface area contributed by atoms with Crippen LogP contribution in [-0.4, -0.2) is 30.9 Å². The highest BCUT2D eigenvalue weighted by atomic mass is 16.2. The number of nitrogens with one attached hydrogen (secondary N) is 2. The van der Waals surface area contributed by atoms with Crippen molar-refractivity contribution in [2.45, 2.75) is 38.6 Å². The first-order valence-electron chi connectivity index (χ1n) is 8.08. The molecule has 2 fully saturated rings. The monoisotopic (exact) mass is 301 g/mol. The van der Waals surface area contributed by atoms with Crippen molar-refractivity contribution in [3.05, 3.63) is 24.3 Å². The van der Waals surface area contributed by atoms with Gasteiger partial charge in [0.05, 0.1) is 6.04 Å². The second kappa shape index (κ2) is 6.48. The standard InChI is InChI=1S/C17H23N3O2/c1-12-7-8-18-15(10-12)17(22)19-13-4-2-5-14(11-13)20-9-3-6-16(20)21/h2,4-5,11-12,15,18H,3,6-10H2,1H3,(H,19,22). The molecule has 5 heteroatoms. The number of hydrogen-bond donors (Lipinski definition) is 2. The van der Waals surface area contributed by atoms with Gasteiger partial charge in [-0.15, -0.1) is 0 Å². The molecule has 118 valence electrons. The molecule has 3 rings (SSSR count). The van der Waals surface area contributed by atoms with Crippen molar-refractivity contribution in [1.29, 1.82) is 0 Å². The molecule has 0 aromatic heterocycles. The second-order valence-electron chi connectivity index (χ2n) is 6.32. The van der Waals surface area contributed by atoms with Gasteiger partial charge in [0.25, 0.3) is 0 Å². The van der Waals surface area contributed by atoms with Crippen molar-refractivity contribution in [1.82, 2.24) is 5.32 Å². The molecule has 0 saturated carbocycles. The van der Waals surface area contributed by atoms with E-state index in [9.17, 15) is 9.59 Å². The van der Waals surface area contributed by atoms with Gasteiger partial charge < -0.3 is 15.5 Å². The van der Waals surface area contributed by atoms with Crippen LogP contribution in [0.15, 0.2) is 24.3 Å². The third-order valence-electron chi connectivity index (χ3n) is 4.48. The lowest BCUT2D eigenvalue weighted by molar-refractivity contribution is -0.119. The quantitative estimate of drug-likeness (QED) is 0.899. The van der Waals surface area contributed by atoms with Gasteiger partial charge in [0.1, 0.15) is 0 Å². The highest BCUT2D eigenvalue weighted by Crippen LogP contribution is 2.24. The van der Waals surface area contributed by atoms with Gasteiger partial charge in [0, 0.05) is 24.3 Å². The summed E-state index contributed by atoms with van der Waals surface area (Å²) in [5.74, 6) is 0.744. The summed E-state index contributed by atoms with van der Waals surface area (Å²) in [7, 11) is 0. The number of carbonyl (C=O) groups excluding carboxylic acids is 2. The summed E-state index contributed by atoms with van der Waals surface area (Å²) < 4.78 is 0. The van der Waals surface area contributed by atoms with Crippen molar-refractivity contribution < 1.29 is 9.59 Å². The van der Waals surface area contributed by atoms with Crippen LogP contribution < -0.4 is 15.5 Å². The minimum Gasteiger partial charge on any atom is -0.325 e. The van der Waals surface area contributed by atoms with Gasteiger partial charge in [-0.25, -0.2) is 0 Å². The van der Waals surface area contributed by atoms with Crippen LogP contribution in [0.5, 0.6) is 0 Å². The van der Waals surface area contributed by atoms with E-state index in [-0.39, 0.29) is 17.9 Å². The molecule has 2 atom stereocenters. The molecule has 0 radical (unpaired) electrons. The van der Waals surface area contributed by atoms with Crippen LogP contribution in [0.25, 0.3) is 0 Å². The highest BCUT2D eigenvalue weighted by Gasteiger charge is 2.25. The fraction of sp³-hybridized carbons (Fsp3) is 0.529. The van der Waals surface area contributed by atoms with E-state index in [4.69, 9.17) is 0 Å². The van der Waals surface area contributed by atoms with Crippen LogP contribution >= 0.6 is 0 Å². The van der Waals surface area contributed by atoms with E-state index in [0.29, 0.717) is 12.3 Å². The summed E-state index contributed by atoms with van der Waals surface area (Å²) in [5, 5.41) is 6.24. The van der Waals surface area contributed by atoms with Gasteiger partial charge in [-0.05, 0) is 49.9 Å². The van der Waals surface area contributed by atoms with Crippen LogP contribution in [-0.2, 0) is 9.59 Å². The number of nitrogens with zero attached hydrogens (tertiary/aromatic N) is 1. The largest absolute Gasteiger partial charge is 0.325 e. The maximum absolute atomic E-state index is 12.4. The third kappa shape index (κ3) is 3.30. The molecule has 2 N–H and O–H groups in total. The molecule has 1 aromatic carbocycles. The van der Waals surface area contributed by atoms with Crippen LogP contribution in [0.4, 0.5) is 11.4 Å². The Kier molecular flexibility index (Phi) is 4.43. The molecule has 2 aliphatic heterocycles.